The molecule has 2 heterocycles. The van der Waals surface area contributed by atoms with Gasteiger partial charge >= 0.3 is 5.97 Å². The number of aromatic nitrogens is 1. The van der Waals surface area contributed by atoms with Gasteiger partial charge < -0.3 is 13.9 Å². The summed E-state index contributed by atoms with van der Waals surface area (Å²) in [5, 5.41) is -1.08. The van der Waals surface area contributed by atoms with E-state index in [1.54, 1.807) is 12.1 Å². The lowest BCUT2D eigenvalue weighted by Crippen LogP contribution is -2.14. The van der Waals surface area contributed by atoms with Crippen molar-refractivity contribution in [2.45, 2.75) is 19.8 Å². The second-order valence-corrected chi connectivity index (χ2v) is 8.26. The fraction of sp³-hybridized carbons (Fsp3) is 0.179. The first-order chi connectivity index (χ1) is 17.0. The smallest absolute Gasteiger partial charge is 0.343 e. The number of rotatable bonds is 9. The zero-order valence-corrected chi connectivity index (χ0v) is 20.2. The highest BCUT2D eigenvalue weighted by atomic mass is 35.5. The highest BCUT2D eigenvalue weighted by Gasteiger charge is 2.28. The van der Waals surface area contributed by atoms with Gasteiger partial charge in [-0.15, -0.1) is 0 Å². The second kappa shape index (κ2) is 10.6. The molecule has 7 heteroatoms. The Morgan fingerprint density at radius 3 is 2.34 bits per heavy atom. The molecule has 0 saturated heterocycles. The van der Waals surface area contributed by atoms with Crippen LogP contribution in [0.4, 0.5) is 0 Å². The Labute approximate surface area is 208 Å². The van der Waals surface area contributed by atoms with Crippen molar-refractivity contribution in [3.05, 3.63) is 95.3 Å². The predicted molar refractivity (Wildman–Crippen MR) is 134 cm³/mol. The summed E-state index contributed by atoms with van der Waals surface area (Å²) in [6.45, 7) is 1.59. The van der Waals surface area contributed by atoms with Crippen molar-refractivity contribution in [1.82, 2.24) is 4.40 Å². The van der Waals surface area contributed by atoms with Gasteiger partial charge in [0.2, 0.25) is 5.78 Å². The van der Waals surface area contributed by atoms with Crippen molar-refractivity contribution in [3.8, 4) is 16.9 Å². The summed E-state index contributed by atoms with van der Waals surface area (Å²) in [7, 11) is 1.27. The van der Waals surface area contributed by atoms with Gasteiger partial charge in [-0.2, -0.15) is 0 Å². The maximum Gasteiger partial charge on any atom is 0.343 e. The Morgan fingerprint density at radius 1 is 0.943 bits per heavy atom. The lowest BCUT2D eigenvalue weighted by atomic mass is 9.94. The molecule has 2 aromatic heterocycles. The molecule has 6 nitrogen and oxygen atoms in total. The summed E-state index contributed by atoms with van der Waals surface area (Å²) >= 11 is 5.66. The normalized spacial score (nSPS) is 10.8. The van der Waals surface area contributed by atoms with E-state index in [0.717, 1.165) is 22.4 Å². The molecule has 0 bridgehead atoms. The van der Waals surface area contributed by atoms with E-state index >= 15 is 0 Å². The molecule has 4 aromatic rings. The number of nitrogens with zero attached hydrogens (tertiary/aromatic N) is 1. The average molecular weight is 490 g/mol. The van der Waals surface area contributed by atoms with Crippen LogP contribution in [0.1, 0.15) is 34.1 Å². The number of pyridine rings is 1. The predicted octanol–water partition coefficient (Wildman–Crippen LogP) is 5.26. The number of esters is 1. The van der Waals surface area contributed by atoms with Crippen molar-refractivity contribution in [2.24, 2.45) is 0 Å². The molecule has 0 aliphatic carbocycles. The van der Waals surface area contributed by atoms with Crippen LogP contribution >= 0.6 is 11.6 Å². The fourth-order valence-corrected chi connectivity index (χ4v) is 4.47. The number of halogens is 1. The number of hydrogen-bond donors (Lipinski definition) is 0. The maximum absolute atomic E-state index is 13.0. The minimum Gasteiger partial charge on any atom is -0.480 e. The molecule has 4 rings (SSSR count). The van der Waals surface area contributed by atoms with Crippen LogP contribution in [0.25, 0.3) is 16.6 Å². The van der Waals surface area contributed by atoms with Gasteiger partial charge in [-0.3, -0.25) is 9.59 Å². The van der Waals surface area contributed by atoms with Crippen LogP contribution in [0, 0.1) is 0 Å². The Morgan fingerprint density at radius 2 is 1.66 bits per heavy atom. The van der Waals surface area contributed by atoms with Crippen LogP contribution in [0.15, 0.2) is 72.9 Å². The highest BCUT2D eigenvalue weighted by molar-refractivity contribution is 6.83. The molecular formula is C28H24ClNO5. The van der Waals surface area contributed by atoms with Crippen molar-refractivity contribution in [1.29, 1.82) is 0 Å². The van der Waals surface area contributed by atoms with E-state index in [4.69, 9.17) is 16.3 Å². The van der Waals surface area contributed by atoms with E-state index in [-0.39, 0.29) is 17.9 Å². The topological polar surface area (TPSA) is 74.1 Å². The zero-order chi connectivity index (χ0) is 24.9. The first kappa shape index (κ1) is 24.2. The molecule has 0 atom stereocenters. The van der Waals surface area contributed by atoms with Crippen molar-refractivity contribution < 1.29 is 23.9 Å². The first-order valence-electron chi connectivity index (χ1n) is 11.2. The van der Waals surface area contributed by atoms with E-state index in [9.17, 15) is 14.4 Å². The Balaban J connectivity index is 1.92. The summed E-state index contributed by atoms with van der Waals surface area (Å²) in [6, 6.07) is 21.5. The monoisotopic (exact) mass is 489 g/mol. The van der Waals surface area contributed by atoms with Gasteiger partial charge in [-0.25, -0.2) is 4.79 Å². The molecule has 0 unspecified atom stereocenters. The third-order valence-electron chi connectivity index (χ3n) is 5.93. The Bertz CT molecular complexity index is 1410. The summed E-state index contributed by atoms with van der Waals surface area (Å²) in [5.74, 6) is -1.08. The summed E-state index contributed by atoms with van der Waals surface area (Å²) in [5.41, 5.74) is 5.36. The van der Waals surface area contributed by atoms with Crippen molar-refractivity contribution in [3.63, 3.8) is 0 Å². The Hall–Kier alpha value is -3.90. The molecule has 2 aromatic carbocycles. The summed E-state index contributed by atoms with van der Waals surface area (Å²) in [4.78, 5) is 36.7. The number of ether oxygens (including phenoxy) is 2. The minimum atomic E-state index is -1.08. The standard InChI is InChI=1S/C28H24ClNO5/c1-3-20-22(16-19-12-7-8-13-21(19)18-10-5-4-6-11-18)30-15-9-14-23(35-17-24(31)34-2)26(30)25(20)27(32)28(29)33/h4-15H,3,16-17H2,1-2H3. The van der Waals surface area contributed by atoms with Gasteiger partial charge in [-0.1, -0.05) is 61.5 Å². The fourth-order valence-electron chi connectivity index (χ4n) is 4.37. The van der Waals surface area contributed by atoms with Gasteiger partial charge in [-0.05, 0) is 52.4 Å². The second-order valence-electron chi connectivity index (χ2n) is 7.91. The third-order valence-corrected chi connectivity index (χ3v) is 6.10. The van der Waals surface area contributed by atoms with E-state index < -0.39 is 17.0 Å². The van der Waals surface area contributed by atoms with Gasteiger partial charge in [0.25, 0.3) is 5.24 Å². The molecule has 0 spiro atoms. The molecule has 0 aliphatic rings. The quantitative estimate of drug-likeness (QED) is 0.139. The van der Waals surface area contributed by atoms with Gasteiger partial charge in [0.1, 0.15) is 5.75 Å². The van der Waals surface area contributed by atoms with E-state index in [0.29, 0.717) is 23.9 Å². The van der Waals surface area contributed by atoms with Crippen LogP contribution < -0.4 is 4.74 Å². The molecule has 178 valence electrons. The van der Waals surface area contributed by atoms with Crippen LogP contribution in [0.3, 0.4) is 0 Å². The average Bonchev–Trinajstić information content (AvgIpc) is 3.21. The van der Waals surface area contributed by atoms with E-state index in [2.05, 4.69) is 22.9 Å². The molecule has 0 aliphatic heterocycles. The maximum atomic E-state index is 13.0. The minimum absolute atomic E-state index is 0.195. The van der Waals surface area contributed by atoms with Crippen molar-refractivity contribution in [2.75, 3.05) is 13.7 Å². The SMILES string of the molecule is CCc1c(C(=O)C(=O)Cl)c2c(OCC(=O)OC)cccn2c1Cc1ccccc1-c1ccccc1. The number of methoxy groups -OCH3 is 1. The highest BCUT2D eigenvalue weighted by Crippen LogP contribution is 2.35. The summed E-state index contributed by atoms with van der Waals surface area (Å²) in [6.07, 6.45) is 2.81. The largest absolute Gasteiger partial charge is 0.480 e. The molecular weight excluding hydrogens is 466 g/mol. The molecule has 0 fully saturated rings. The molecule has 35 heavy (non-hydrogen) atoms. The Kier molecular flexibility index (Phi) is 7.32. The number of carbonyl (C=O) groups excluding carboxylic acids is 3. The van der Waals surface area contributed by atoms with Crippen LogP contribution in [0.2, 0.25) is 0 Å². The van der Waals surface area contributed by atoms with Crippen molar-refractivity contribution >= 4 is 34.1 Å². The van der Waals surface area contributed by atoms with Gasteiger partial charge in [0, 0.05) is 18.3 Å². The number of benzene rings is 2. The third kappa shape index (κ3) is 4.84. The number of Topliss-reactive ketones (excluding diaryl/α,β-unsaturated/α-hetero) is 1. The molecule has 0 radical (unpaired) electrons. The van der Waals surface area contributed by atoms with E-state index in [1.165, 1.54) is 7.11 Å². The van der Waals surface area contributed by atoms with E-state index in [1.807, 2.05) is 53.9 Å². The molecule has 0 saturated carbocycles. The van der Waals surface area contributed by atoms with Crippen LogP contribution in [-0.2, 0) is 27.2 Å². The number of hydrogen-bond acceptors (Lipinski definition) is 5. The lowest BCUT2D eigenvalue weighted by Gasteiger charge is -2.12. The first-order valence-corrected chi connectivity index (χ1v) is 11.6. The van der Waals surface area contributed by atoms with Gasteiger partial charge in [0.15, 0.2) is 6.61 Å². The zero-order valence-electron chi connectivity index (χ0n) is 19.4. The molecule has 0 N–H and O–H groups in total. The summed E-state index contributed by atoms with van der Waals surface area (Å²) < 4.78 is 12.2. The van der Waals surface area contributed by atoms with Crippen LogP contribution in [-0.4, -0.2) is 35.1 Å². The number of fused-ring (bicyclic) bond motifs is 1. The van der Waals surface area contributed by atoms with Gasteiger partial charge in [0.05, 0.1) is 18.2 Å². The lowest BCUT2D eigenvalue weighted by molar-refractivity contribution is -0.142. The van der Waals surface area contributed by atoms with Crippen LogP contribution in [0.5, 0.6) is 5.75 Å². The number of carbonyl (C=O) groups is 3. The number of ketones is 1. The molecule has 0 amide bonds.